The third-order valence-corrected chi connectivity index (χ3v) is 2.70. The maximum atomic E-state index is 11.5. The number of carbonyl (C=O) groups is 1. The first-order valence-electron chi connectivity index (χ1n) is 7.26. The second-order valence-corrected chi connectivity index (χ2v) is 4.99. The van der Waals surface area contributed by atoms with Crippen molar-refractivity contribution in [3.05, 3.63) is 23.8 Å². The Bertz CT molecular complexity index is 446. The molecule has 1 aromatic rings. The highest BCUT2D eigenvalue weighted by Gasteiger charge is 2.10. The number of methoxy groups -OCH3 is 1. The molecule has 0 amide bonds. The minimum atomic E-state index is -0.387. The van der Waals surface area contributed by atoms with Crippen molar-refractivity contribution in [2.45, 2.75) is 39.8 Å². The Balaban J connectivity index is 2.64. The van der Waals surface area contributed by atoms with E-state index in [2.05, 4.69) is 12.2 Å². The van der Waals surface area contributed by atoms with Gasteiger partial charge in [-0.1, -0.05) is 13.0 Å². The number of rotatable bonds is 9. The monoisotopic (exact) mass is 295 g/mol. The van der Waals surface area contributed by atoms with Crippen LogP contribution in [0.15, 0.2) is 18.2 Å². The predicted molar refractivity (Wildman–Crippen MR) is 81.7 cm³/mol. The Kier molecular flexibility index (Phi) is 7.61. The maximum absolute atomic E-state index is 11.5. The van der Waals surface area contributed by atoms with E-state index < -0.39 is 0 Å². The van der Waals surface area contributed by atoms with Gasteiger partial charge in [0.05, 0.1) is 13.2 Å². The Labute approximate surface area is 126 Å². The summed E-state index contributed by atoms with van der Waals surface area (Å²) in [7, 11) is 1.57. The van der Waals surface area contributed by atoms with Gasteiger partial charge in [-0.05, 0) is 44.5 Å². The molecular weight excluding hydrogens is 270 g/mol. The largest absolute Gasteiger partial charge is 0.493 e. The molecule has 0 heterocycles. The summed E-state index contributed by atoms with van der Waals surface area (Å²) in [5.74, 6) is 0.766. The van der Waals surface area contributed by atoms with E-state index >= 15 is 0 Å². The minimum absolute atomic E-state index is 0.125. The van der Waals surface area contributed by atoms with Gasteiger partial charge in [0.25, 0.3) is 0 Å². The van der Waals surface area contributed by atoms with E-state index in [4.69, 9.17) is 14.2 Å². The quantitative estimate of drug-likeness (QED) is 0.560. The summed E-state index contributed by atoms with van der Waals surface area (Å²) in [5, 5.41) is 3.32. The zero-order valence-electron chi connectivity index (χ0n) is 13.3. The van der Waals surface area contributed by atoms with Gasteiger partial charge in [0.15, 0.2) is 18.1 Å². The molecule has 0 aliphatic heterocycles. The molecule has 0 unspecified atom stereocenters. The van der Waals surface area contributed by atoms with Gasteiger partial charge in [0, 0.05) is 6.54 Å². The fraction of sp³-hybridized carbons (Fsp3) is 0.562. The second-order valence-electron chi connectivity index (χ2n) is 4.99. The zero-order chi connectivity index (χ0) is 15.7. The van der Waals surface area contributed by atoms with Gasteiger partial charge >= 0.3 is 5.97 Å². The topological polar surface area (TPSA) is 56.8 Å². The van der Waals surface area contributed by atoms with Crippen LogP contribution in [0, 0.1) is 0 Å². The zero-order valence-corrected chi connectivity index (χ0v) is 13.3. The smallest absolute Gasteiger partial charge is 0.344 e. The van der Waals surface area contributed by atoms with Gasteiger partial charge in [-0.25, -0.2) is 4.79 Å². The van der Waals surface area contributed by atoms with Crippen LogP contribution in [0.2, 0.25) is 0 Å². The van der Waals surface area contributed by atoms with Crippen LogP contribution < -0.4 is 14.8 Å². The van der Waals surface area contributed by atoms with E-state index in [1.165, 1.54) is 0 Å². The second kappa shape index (κ2) is 9.23. The molecule has 0 saturated carbocycles. The van der Waals surface area contributed by atoms with Crippen LogP contribution in [-0.4, -0.2) is 32.3 Å². The molecule has 5 heteroatoms. The van der Waals surface area contributed by atoms with Crippen molar-refractivity contribution in [3.8, 4) is 11.5 Å². The summed E-state index contributed by atoms with van der Waals surface area (Å²) in [5.41, 5.74) is 1.08. The van der Waals surface area contributed by atoms with E-state index in [-0.39, 0.29) is 18.7 Å². The molecule has 0 saturated heterocycles. The molecule has 0 atom stereocenters. The molecule has 118 valence electrons. The highest BCUT2D eigenvalue weighted by Crippen LogP contribution is 2.28. The lowest BCUT2D eigenvalue weighted by Gasteiger charge is -2.13. The highest BCUT2D eigenvalue weighted by molar-refractivity contribution is 5.71. The molecule has 0 fully saturated rings. The summed E-state index contributed by atoms with van der Waals surface area (Å²) in [6.07, 6.45) is 0.938. The first-order valence-corrected chi connectivity index (χ1v) is 7.26. The van der Waals surface area contributed by atoms with Gasteiger partial charge in [-0.3, -0.25) is 0 Å². The summed E-state index contributed by atoms with van der Waals surface area (Å²) < 4.78 is 15.8. The van der Waals surface area contributed by atoms with Crippen LogP contribution in [0.4, 0.5) is 0 Å². The first-order chi connectivity index (χ1) is 10.1. The van der Waals surface area contributed by atoms with Crippen LogP contribution >= 0.6 is 0 Å². The van der Waals surface area contributed by atoms with Gasteiger partial charge in [-0.2, -0.15) is 0 Å². The Morgan fingerprint density at radius 1 is 1.29 bits per heavy atom. The van der Waals surface area contributed by atoms with Crippen LogP contribution in [0.5, 0.6) is 11.5 Å². The normalized spacial score (nSPS) is 10.5. The van der Waals surface area contributed by atoms with Crippen LogP contribution in [0.1, 0.15) is 32.8 Å². The third kappa shape index (κ3) is 6.49. The van der Waals surface area contributed by atoms with Crippen molar-refractivity contribution in [1.29, 1.82) is 0 Å². The van der Waals surface area contributed by atoms with Gasteiger partial charge in [-0.15, -0.1) is 0 Å². The number of nitrogens with one attached hydrogen (secondary N) is 1. The van der Waals surface area contributed by atoms with Crippen molar-refractivity contribution in [1.82, 2.24) is 5.32 Å². The molecule has 0 radical (unpaired) electrons. The minimum Gasteiger partial charge on any atom is -0.493 e. The number of esters is 1. The molecule has 1 rings (SSSR count). The molecular formula is C16H25NO4. The lowest BCUT2D eigenvalue weighted by Crippen LogP contribution is -2.19. The summed E-state index contributed by atoms with van der Waals surface area (Å²) in [4.78, 5) is 11.5. The number of hydrogen-bond donors (Lipinski definition) is 1. The Morgan fingerprint density at radius 3 is 2.67 bits per heavy atom. The number of benzene rings is 1. The summed E-state index contributed by atoms with van der Waals surface area (Å²) in [6, 6.07) is 5.69. The molecule has 1 aromatic carbocycles. The van der Waals surface area contributed by atoms with Crippen LogP contribution in [0.3, 0.4) is 0 Å². The van der Waals surface area contributed by atoms with Gasteiger partial charge < -0.3 is 19.5 Å². The molecule has 0 bridgehead atoms. The standard InChI is InChI=1S/C16H25NO4/c1-5-8-17-10-13-6-7-14(19-4)15(9-13)20-11-16(18)21-12(2)3/h6-7,9,12,17H,5,8,10-11H2,1-4H3. The lowest BCUT2D eigenvalue weighted by molar-refractivity contribution is -0.149. The number of ether oxygens (including phenoxy) is 3. The van der Waals surface area contributed by atoms with Crippen molar-refractivity contribution < 1.29 is 19.0 Å². The fourth-order valence-electron chi connectivity index (χ4n) is 1.79. The summed E-state index contributed by atoms with van der Waals surface area (Å²) in [6.45, 7) is 7.32. The highest BCUT2D eigenvalue weighted by atomic mass is 16.6. The molecule has 5 nitrogen and oxygen atoms in total. The van der Waals surface area contributed by atoms with Gasteiger partial charge in [0.2, 0.25) is 0 Å². The average Bonchev–Trinajstić information content (AvgIpc) is 2.45. The van der Waals surface area contributed by atoms with Crippen molar-refractivity contribution in [2.24, 2.45) is 0 Å². The Morgan fingerprint density at radius 2 is 2.05 bits per heavy atom. The Hall–Kier alpha value is -1.75. The van der Waals surface area contributed by atoms with Crippen molar-refractivity contribution >= 4 is 5.97 Å². The molecule has 0 spiro atoms. The van der Waals surface area contributed by atoms with E-state index in [9.17, 15) is 4.79 Å². The predicted octanol–water partition coefficient (Wildman–Crippen LogP) is 2.53. The van der Waals surface area contributed by atoms with E-state index in [1.54, 1.807) is 21.0 Å². The average molecular weight is 295 g/mol. The SMILES string of the molecule is CCCNCc1ccc(OC)c(OCC(=O)OC(C)C)c1. The van der Waals surface area contributed by atoms with Crippen LogP contribution in [-0.2, 0) is 16.1 Å². The van der Waals surface area contributed by atoms with Crippen LogP contribution in [0.25, 0.3) is 0 Å². The number of hydrogen-bond acceptors (Lipinski definition) is 5. The molecule has 0 aromatic heterocycles. The lowest BCUT2D eigenvalue weighted by atomic mass is 10.2. The van der Waals surface area contributed by atoms with E-state index in [0.29, 0.717) is 11.5 Å². The number of carbonyl (C=O) groups excluding carboxylic acids is 1. The summed E-state index contributed by atoms with van der Waals surface area (Å²) >= 11 is 0. The fourth-order valence-corrected chi connectivity index (χ4v) is 1.79. The molecule has 21 heavy (non-hydrogen) atoms. The maximum Gasteiger partial charge on any atom is 0.344 e. The van der Waals surface area contributed by atoms with Crippen molar-refractivity contribution in [2.75, 3.05) is 20.3 Å². The molecule has 0 aliphatic rings. The van der Waals surface area contributed by atoms with E-state index in [1.807, 2.05) is 18.2 Å². The first kappa shape index (κ1) is 17.3. The molecule has 1 N–H and O–H groups in total. The molecule has 0 aliphatic carbocycles. The van der Waals surface area contributed by atoms with E-state index in [0.717, 1.165) is 25.1 Å². The third-order valence-electron chi connectivity index (χ3n) is 2.70. The van der Waals surface area contributed by atoms with Gasteiger partial charge in [0.1, 0.15) is 0 Å². The van der Waals surface area contributed by atoms with Crippen molar-refractivity contribution in [3.63, 3.8) is 0 Å².